The van der Waals surface area contributed by atoms with Gasteiger partial charge in [-0.2, -0.15) is 0 Å². The molecule has 2 heterocycles. The van der Waals surface area contributed by atoms with Crippen LogP contribution in [0.15, 0.2) is 54.6 Å². The molecule has 3 N–H and O–H groups in total. The minimum absolute atomic E-state index is 0.0878. The maximum Gasteiger partial charge on any atom is 0.223 e. The van der Waals surface area contributed by atoms with Crippen LogP contribution in [0.25, 0.3) is 22.4 Å². The number of carbonyl (C=O) groups is 1. The summed E-state index contributed by atoms with van der Waals surface area (Å²) in [6, 6.07) is 17.0. The highest BCUT2D eigenvalue weighted by molar-refractivity contribution is 5.87. The lowest BCUT2D eigenvalue weighted by atomic mass is 10.1. The van der Waals surface area contributed by atoms with Crippen LogP contribution < -0.4 is 20.6 Å². The van der Waals surface area contributed by atoms with Crippen molar-refractivity contribution < 1.29 is 14.3 Å². The van der Waals surface area contributed by atoms with Crippen LogP contribution in [0.4, 0.5) is 0 Å². The van der Waals surface area contributed by atoms with E-state index < -0.39 is 0 Å². The summed E-state index contributed by atoms with van der Waals surface area (Å²) in [6.07, 6.45) is 0.533. The van der Waals surface area contributed by atoms with Gasteiger partial charge in [-0.25, -0.2) is 14.6 Å². The van der Waals surface area contributed by atoms with Crippen molar-refractivity contribution >= 4 is 16.9 Å². The number of nitrogens with one attached hydrogen (secondary N) is 1. The highest BCUT2D eigenvalue weighted by Gasteiger charge is 2.21. The third-order valence-corrected chi connectivity index (χ3v) is 5.15. The van der Waals surface area contributed by atoms with Gasteiger partial charge in [-0.1, -0.05) is 30.3 Å². The molecule has 2 aromatic carbocycles. The number of benzene rings is 2. The van der Waals surface area contributed by atoms with Gasteiger partial charge in [-0.05, 0) is 31.2 Å². The fourth-order valence-electron chi connectivity index (χ4n) is 3.57. The topological polar surface area (TPSA) is 104 Å². The van der Waals surface area contributed by atoms with E-state index in [4.69, 9.17) is 25.3 Å². The molecule has 4 aromatic rings. The fraction of sp³-hybridized carbons (Fsp3) is 0.208. The normalized spacial score (nSPS) is 10.8. The summed E-state index contributed by atoms with van der Waals surface area (Å²) in [6.45, 7) is 3.88. The van der Waals surface area contributed by atoms with E-state index in [9.17, 15) is 4.79 Å². The van der Waals surface area contributed by atoms with Crippen LogP contribution in [0.2, 0.25) is 0 Å². The standard InChI is InChI=1S/C24H25N5O3/c1-15-21-20(13-14-26-16(2)30)27-22(17-7-5-4-6-8-17)28-23(21)29(25)24(15)32-19-11-9-18(31-3)10-12-19/h4-12H,13-14,25H2,1-3H3,(H,26,30). The second-order valence-electron chi connectivity index (χ2n) is 7.37. The first-order chi connectivity index (χ1) is 15.5. The van der Waals surface area contributed by atoms with Gasteiger partial charge >= 0.3 is 0 Å². The Labute approximate surface area is 186 Å². The molecule has 8 heteroatoms. The first kappa shape index (κ1) is 21.2. The van der Waals surface area contributed by atoms with E-state index in [1.807, 2.05) is 61.5 Å². The molecule has 2 aromatic heterocycles. The van der Waals surface area contributed by atoms with E-state index in [-0.39, 0.29) is 5.91 Å². The highest BCUT2D eigenvalue weighted by Crippen LogP contribution is 2.35. The van der Waals surface area contributed by atoms with Gasteiger partial charge in [0, 0.05) is 36.4 Å². The Bertz CT molecular complexity index is 1250. The maximum absolute atomic E-state index is 11.4. The maximum atomic E-state index is 11.4. The van der Waals surface area contributed by atoms with Crippen LogP contribution in [0, 0.1) is 6.92 Å². The Hall–Kier alpha value is -4.07. The van der Waals surface area contributed by atoms with E-state index >= 15 is 0 Å². The van der Waals surface area contributed by atoms with Crippen molar-refractivity contribution in [2.45, 2.75) is 20.3 Å². The Morgan fingerprint density at radius 3 is 2.41 bits per heavy atom. The average molecular weight is 431 g/mol. The van der Waals surface area contributed by atoms with Gasteiger partial charge in [0.2, 0.25) is 11.8 Å². The van der Waals surface area contributed by atoms with Crippen LogP contribution in [0.5, 0.6) is 17.4 Å². The smallest absolute Gasteiger partial charge is 0.223 e. The quantitative estimate of drug-likeness (QED) is 0.433. The monoisotopic (exact) mass is 431 g/mol. The molecule has 0 fully saturated rings. The number of nitrogens with two attached hydrogens (primary N) is 1. The number of aryl methyl sites for hydroxylation is 1. The van der Waals surface area contributed by atoms with Crippen LogP contribution in [-0.4, -0.2) is 34.2 Å². The van der Waals surface area contributed by atoms with Crippen LogP contribution in [0.1, 0.15) is 18.2 Å². The SMILES string of the molecule is COc1ccc(Oc2c(C)c3c(CCNC(C)=O)nc(-c4ccccc4)nc3n2N)cc1. The van der Waals surface area contributed by atoms with E-state index in [1.165, 1.54) is 11.6 Å². The zero-order chi connectivity index (χ0) is 22.7. The van der Waals surface area contributed by atoms with E-state index in [0.717, 1.165) is 28.0 Å². The number of nitrogen functional groups attached to an aromatic ring is 1. The molecule has 0 saturated heterocycles. The second-order valence-corrected chi connectivity index (χ2v) is 7.37. The summed E-state index contributed by atoms with van der Waals surface area (Å²) in [5.74, 6) is 8.76. The van der Waals surface area contributed by atoms with Gasteiger partial charge in [-0.3, -0.25) is 4.79 Å². The van der Waals surface area contributed by atoms with Crippen LogP contribution >= 0.6 is 0 Å². The van der Waals surface area contributed by atoms with Crippen molar-refractivity contribution in [3.8, 4) is 28.8 Å². The van der Waals surface area contributed by atoms with Crippen LogP contribution in [0.3, 0.4) is 0 Å². The summed E-state index contributed by atoms with van der Waals surface area (Å²) >= 11 is 0. The molecule has 4 rings (SSSR count). The molecule has 0 aliphatic rings. The molecule has 0 bridgehead atoms. The minimum Gasteiger partial charge on any atom is -0.497 e. The zero-order valence-corrected chi connectivity index (χ0v) is 18.3. The first-order valence-corrected chi connectivity index (χ1v) is 10.3. The lowest BCUT2D eigenvalue weighted by molar-refractivity contribution is -0.118. The number of rotatable bonds is 7. The van der Waals surface area contributed by atoms with Gasteiger partial charge < -0.3 is 20.6 Å². The van der Waals surface area contributed by atoms with Crippen molar-refractivity contribution in [1.82, 2.24) is 20.0 Å². The molecule has 164 valence electrons. The number of hydrogen-bond acceptors (Lipinski definition) is 6. The van der Waals surface area contributed by atoms with Crippen molar-refractivity contribution in [1.29, 1.82) is 0 Å². The molecule has 0 saturated carbocycles. The Morgan fingerprint density at radius 2 is 1.75 bits per heavy atom. The molecule has 0 unspecified atom stereocenters. The molecule has 0 radical (unpaired) electrons. The van der Waals surface area contributed by atoms with Crippen molar-refractivity contribution in [3.63, 3.8) is 0 Å². The number of carbonyl (C=O) groups excluding carboxylic acids is 1. The third-order valence-electron chi connectivity index (χ3n) is 5.15. The third kappa shape index (κ3) is 4.20. The summed E-state index contributed by atoms with van der Waals surface area (Å²) in [5.41, 5.74) is 3.07. The summed E-state index contributed by atoms with van der Waals surface area (Å²) in [4.78, 5) is 20.9. The lowest BCUT2D eigenvalue weighted by Gasteiger charge is -2.08. The summed E-state index contributed by atoms with van der Waals surface area (Å²) < 4.78 is 12.8. The molecule has 0 spiro atoms. The lowest BCUT2D eigenvalue weighted by Crippen LogP contribution is -2.23. The van der Waals surface area contributed by atoms with Gasteiger partial charge in [0.1, 0.15) is 11.5 Å². The Morgan fingerprint density at radius 1 is 1.06 bits per heavy atom. The van der Waals surface area contributed by atoms with Gasteiger partial charge in [0.05, 0.1) is 12.8 Å². The van der Waals surface area contributed by atoms with Crippen molar-refractivity contribution in [3.05, 3.63) is 65.9 Å². The number of fused-ring (bicyclic) bond motifs is 1. The van der Waals surface area contributed by atoms with Gasteiger partial charge in [-0.15, -0.1) is 0 Å². The highest BCUT2D eigenvalue weighted by atomic mass is 16.5. The van der Waals surface area contributed by atoms with Gasteiger partial charge in [0.25, 0.3) is 0 Å². The molecule has 32 heavy (non-hydrogen) atoms. The zero-order valence-electron chi connectivity index (χ0n) is 18.3. The van der Waals surface area contributed by atoms with E-state index in [2.05, 4.69) is 5.32 Å². The van der Waals surface area contributed by atoms with Gasteiger partial charge in [0.15, 0.2) is 11.5 Å². The molecule has 0 aliphatic heterocycles. The molecule has 1 amide bonds. The number of aromatic nitrogens is 3. The number of hydrogen-bond donors (Lipinski definition) is 2. The molecule has 0 aliphatic carbocycles. The van der Waals surface area contributed by atoms with Crippen molar-refractivity contribution in [2.24, 2.45) is 0 Å². The number of nitrogens with zero attached hydrogens (tertiary/aromatic N) is 3. The van der Waals surface area contributed by atoms with Crippen molar-refractivity contribution in [2.75, 3.05) is 19.5 Å². The Kier molecular flexibility index (Phi) is 5.93. The number of methoxy groups -OCH3 is 1. The van der Waals surface area contributed by atoms with E-state index in [1.54, 1.807) is 7.11 Å². The summed E-state index contributed by atoms with van der Waals surface area (Å²) in [7, 11) is 1.61. The molecular formula is C24H25N5O3. The summed E-state index contributed by atoms with van der Waals surface area (Å²) in [5, 5.41) is 3.65. The second kappa shape index (κ2) is 8.97. The number of ether oxygens (including phenoxy) is 2. The molecule has 0 atom stereocenters. The molecule has 8 nitrogen and oxygen atoms in total. The minimum atomic E-state index is -0.0878. The predicted octanol–water partition coefficient (Wildman–Crippen LogP) is 3.60. The average Bonchev–Trinajstić information content (AvgIpc) is 3.04. The van der Waals surface area contributed by atoms with E-state index in [0.29, 0.717) is 36.1 Å². The first-order valence-electron chi connectivity index (χ1n) is 10.3. The predicted molar refractivity (Wildman–Crippen MR) is 123 cm³/mol. The molecular weight excluding hydrogens is 406 g/mol. The number of amides is 1. The Balaban J connectivity index is 1.81. The van der Waals surface area contributed by atoms with Crippen LogP contribution in [-0.2, 0) is 11.2 Å². The fourth-order valence-corrected chi connectivity index (χ4v) is 3.57. The largest absolute Gasteiger partial charge is 0.497 e.